The van der Waals surface area contributed by atoms with Gasteiger partial charge in [-0.15, -0.1) is 0 Å². The van der Waals surface area contributed by atoms with Crippen LogP contribution in [0.1, 0.15) is 18.9 Å². The zero-order chi connectivity index (χ0) is 13.4. The Morgan fingerprint density at radius 3 is 2.79 bits per heavy atom. The highest BCUT2D eigenvalue weighted by molar-refractivity contribution is 5.99. The van der Waals surface area contributed by atoms with Crippen molar-refractivity contribution in [3.63, 3.8) is 0 Å². The third-order valence-electron chi connectivity index (χ3n) is 3.23. The molecule has 1 aromatic carbocycles. The molecule has 0 radical (unpaired) electrons. The van der Waals surface area contributed by atoms with Crippen molar-refractivity contribution in [2.45, 2.75) is 18.9 Å². The summed E-state index contributed by atoms with van der Waals surface area (Å²) in [6.07, 6.45) is 2.08. The van der Waals surface area contributed by atoms with E-state index in [9.17, 15) is 14.4 Å². The van der Waals surface area contributed by atoms with Gasteiger partial charge in [0, 0.05) is 11.8 Å². The van der Waals surface area contributed by atoms with Crippen LogP contribution in [0.5, 0.6) is 0 Å². The Bertz CT molecular complexity index is 735. The van der Waals surface area contributed by atoms with Crippen LogP contribution in [0.15, 0.2) is 35.3 Å². The van der Waals surface area contributed by atoms with E-state index >= 15 is 0 Å². The Balaban J connectivity index is 2.11. The van der Waals surface area contributed by atoms with Gasteiger partial charge in [-0.05, 0) is 12.5 Å². The molecule has 1 N–H and O–H groups in total. The van der Waals surface area contributed by atoms with E-state index in [4.69, 9.17) is 0 Å². The van der Waals surface area contributed by atoms with E-state index in [0.717, 1.165) is 10.1 Å². The first-order chi connectivity index (χ1) is 9.16. The number of fused-ring (bicyclic) bond motifs is 1. The lowest BCUT2D eigenvalue weighted by molar-refractivity contribution is -0.136. The number of rotatable bonds is 1. The summed E-state index contributed by atoms with van der Waals surface area (Å²) in [5.41, 5.74) is -0.312. The van der Waals surface area contributed by atoms with Gasteiger partial charge in [-0.2, -0.15) is 5.10 Å². The van der Waals surface area contributed by atoms with E-state index in [-0.39, 0.29) is 17.9 Å². The van der Waals surface area contributed by atoms with E-state index in [1.165, 1.54) is 0 Å². The van der Waals surface area contributed by atoms with Gasteiger partial charge in [-0.25, -0.2) is 4.68 Å². The summed E-state index contributed by atoms with van der Waals surface area (Å²) in [5, 5.41) is 7.51. The van der Waals surface area contributed by atoms with Crippen LogP contribution in [-0.4, -0.2) is 21.6 Å². The minimum absolute atomic E-state index is 0.220. The second kappa shape index (κ2) is 4.31. The quantitative estimate of drug-likeness (QED) is 0.748. The number of carbonyl (C=O) groups excluding carboxylic acids is 2. The van der Waals surface area contributed by atoms with Crippen LogP contribution in [0.3, 0.4) is 0 Å². The molecule has 1 aliphatic heterocycles. The van der Waals surface area contributed by atoms with E-state index in [1.807, 2.05) is 6.07 Å². The zero-order valence-electron chi connectivity index (χ0n) is 10.00. The lowest BCUT2D eigenvalue weighted by Gasteiger charge is -2.21. The summed E-state index contributed by atoms with van der Waals surface area (Å²) in [7, 11) is 0. The standard InChI is InChI=1S/C13H11N3O3/c17-11-6-5-10(12(18)15-11)16-13(19)9-4-2-1-3-8(9)7-14-16/h1-4,7,10H,5-6H2,(H,15,17,18)/t10-/m0/s1. The molecule has 3 rings (SSSR count). The van der Waals surface area contributed by atoms with Crippen molar-refractivity contribution < 1.29 is 9.59 Å². The number of carbonyl (C=O) groups is 2. The van der Waals surface area contributed by atoms with Crippen LogP contribution in [0, 0.1) is 0 Å². The maximum atomic E-state index is 12.3. The molecule has 0 spiro atoms. The highest BCUT2D eigenvalue weighted by Gasteiger charge is 2.29. The number of hydrogen-bond acceptors (Lipinski definition) is 4. The molecule has 1 aliphatic rings. The van der Waals surface area contributed by atoms with Gasteiger partial charge in [0.15, 0.2) is 0 Å². The average Bonchev–Trinajstić information content (AvgIpc) is 2.41. The summed E-state index contributed by atoms with van der Waals surface area (Å²) in [6, 6.07) is 6.35. The Morgan fingerprint density at radius 2 is 2.00 bits per heavy atom. The van der Waals surface area contributed by atoms with Crippen molar-refractivity contribution in [2.24, 2.45) is 0 Å². The number of nitrogens with one attached hydrogen (secondary N) is 1. The maximum absolute atomic E-state index is 12.3. The van der Waals surface area contributed by atoms with Gasteiger partial charge in [0.1, 0.15) is 6.04 Å². The third kappa shape index (κ3) is 1.91. The molecule has 1 saturated heterocycles. The minimum Gasteiger partial charge on any atom is -0.295 e. The zero-order valence-corrected chi connectivity index (χ0v) is 10.00. The molecule has 0 bridgehead atoms. The van der Waals surface area contributed by atoms with Crippen molar-refractivity contribution in [3.05, 3.63) is 40.8 Å². The van der Waals surface area contributed by atoms with Gasteiger partial charge in [0.05, 0.1) is 11.6 Å². The number of aromatic nitrogens is 2. The molecule has 19 heavy (non-hydrogen) atoms. The number of imide groups is 1. The molecule has 2 amide bonds. The minimum atomic E-state index is -0.713. The van der Waals surface area contributed by atoms with Gasteiger partial charge in [0.2, 0.25) is 5.91 Å². The number of piperidine rings is 1. The summed E-state index contributed by atoms with van der Waals surface area (Å²) in [6.45, 7) is 0. The van der Waals surface area contributed by atoms with Gasteiger partial charge < -0.3 is 0 Å². The lowest BCUT2D eigenvalue weighted by Crippen LogP contribution is -2.45. The topological polar surface area (TPSA) is 81.1 Å². The fourth-order valence-electron chi connectivity index (χ4n) is 2.24. The maximum Gasteiger partial charge on any atom is 0.275 e. The first kappa shape index (κ1) is 11.6. The Labute approximate surface area is 108 Å². The van der Waals surface area contributed by atoms with Crippen LogP contribution >= 0.6 is 0 Å². The third-order valence-corrected chi connectivity index (χ3v) is 3.23. The SMILES string of the molecule is O=C1CC[C@H](n2ncc3ccccc3c2=O)C(=O)N1. The molecule has 1 atom stereocenters. The molecule has 0 saturated carbocycles. The highest BCUT2D eigenvalue weighted by Crippen LogP contribution is 2.16. The first-order valence-corrected chi connectivity index (χ1v) is 5.97. The molecule has 1 aromatic heterocycles. The molecule has 0 unspecified atom stereocenters. The lowest BCUT2D eigenvalue weighted by atomic mass is 10.1. The number of amides is 2. The Kier molecular flexibility index (Phi) is 2.63. The van der Waals surface area contributed by atoms with E-state index < -0.39 is 11.9 Å². The summed E-state index contributed by atoms with van der Waals surface area (Å²) < 4.78 is 1.16. The molecule has 2 aromatic rings. The normalized spacial score (nSPS) is 19.5. The molecule has 1 fully saturated rings. The van der Waals surface area contributed by atoms with Gasteiger partial charge in [-0.1, -0.05) is 18.2 Å². The summed E-state index contributed by atoms with van der Waals surface area (Å²) in [4.78, 5) is 35.2. The van der Waals surface area contributed by atoms with Crippen LogP contribution in [0.4, 0.5) is 0 Å². The second-order valence-electron chi connectivity index (χ2n) is 4.45. The molecule has 6 heteroatoms. The summed E-state index contributed by atoms with van der Waals surface area (Å²) in [5.74, 6) is -0.781. The summed E-state index contributed by atoms with van der Waals surface area (Å²) >= 11 is 0. The molecule has 0 aliphatic carbocycles. The van der Waals surface area contributed by atoms with Crippen molar-refractivity contribution in [1.82, 2.24) is 15.1 Å². The van der Waals surface area contributed by atoms with Crippen molar-refractivity contribution >= 4 is 22.6 Å². The monoisotopic (exact) mass is 257 g/mol. The van der Waals surface area contributed by atoms with E-state index in [0.29, 0.717) is 11.8 Å². The number of benzene rings is 1. The van der Waals surface area contributed by atoms with Crippen molar-refractivity contribution in [2.75, 3.05) is 0 Å². The van der Waals surface area contributed by atoms with Gasteiger partial charge in [0.25, 0.3) is 11.5 Å². The second-order valence-corrected chi connectivity index (χ2v) is 4.45. The molecular weight excluding hydrogens is 246 g/mol. The average molecular weight is 257 g/mol. The van der Waals surface area contributed by atoms with Crippen LogP contribution in [0.2, 0.25) is 0 Å². The van der Waals surface area contributed by atoms with Gasteiger partial charge >= 0.3 is 0 Å². The van der Waals surface area contributed by atoms with Crippen molar-refractivity contribution in [3.8, 4) is 0 Å². The first-order valence-electron chi connectivity index (χ1n) is 5.97. The van der Waals surface area contributed by atoms with E-state index in [1.54, 1.807) is 24.4 Å². The fourth-order valence-corrected chi connectivity index (χ4v) is 2.24. The molecule has 6 nitrogen and oxygen atoms in total. The number of nitrogens with zero attached hydrogens (tertiary/aromatic N) is 2. The Hall–Kier alpha value is -2.50. The molecule has 2 heterocycles. The van der Waals surface area contributed by atoms with Crippen LogP contribution < -0.4 is 10.9 Å². The van der Waals surface area contributed by atoms with Crippen LogP contribution in [0.25, 0.3) is 10.8 Å². The number of hydrogen-bond donors (Lipinski definition) is 1. The molecule has 96 valence electrons. The van der Waals surface area contributed by atoms with E-state index in [2.05, 4.69) is 10.4 Å². The molecular formula is C13H11N3O3. The predicted octanol–water partition coefficient (Wildman–Crippen LogP) is 0.374. The van der Waals surface area contributed by atoms with Crippen LogP contribution in [-0.2, 0) is 9.59 Å². The Morgan fingerprint density at radius 1 is 1.21 bits per heavy atom. The predicted molar refractivity (Wildman–Crippen MR) is 67.4 cm³/mol. The van der Waals surface area contributed by atoms with Crippen molar-refractivity contribution in [1.29, 1.82) is 0 Å². The largest absolute Gasteiger partial charge is 0.295 e. The smallest absolute Gasteiger partial charge is 0.275 e. The fraction of sp³-hybridized carbons (Fsp3) is 0.231. The van der Waals surface area contributed by atoms with Gasteiger partial charge in [-0.3, -0.25) is 19.7 Å². The highest BCUT2D eigenvalue weighted by atomic mass is 16.2.